The van der Waals surface area contributed by atoms with E-state index < -0.39 is 10.0 Å². The molecule has 2 rings (SSSR count). The van der Waals surface area contributed by atoms with Crippen LogP contribution in [0, 0.1) is 25.2 Å². The summed E-state index contributed by atoms with van der Waals surface area (Å²) in [7, 11) is -2.05. The van der Waals surface area contributed by atoms with E-state index in [0.717, 1.165) is 21.8 Å². The van der Waals surface area contributed by atoms with Crippen molar-refractivity contribution in [1.29, 1.82) is 5.26 Å². The molecule has 0 unspecified atom stereocenters. The molecule has 0 saturated heterocycles. The fraction of sp³-hybridized carbons (Fsp3) is 0.308. The molecule has 0 spiro atoms. The van der Waals surface area contributed by atoms with Gasteiger partial charge in [-0.3, -0.25) is 0 Å². The van der Waals surface area contributed by atoms with E-state index in [4.69, 9.17) is 0 Å². The van der Waals surface area contributed by atoms with Crippen LogP contribution in [0.3, 0.4) is 0 Å². The van der Waals surface area contributed by atoms with Crippen LogP contribution in [0.25, 0.3) is 0 Å². The molecule has 7 nitrogen and oxygen atoms in total. The van der Waals surface area contributed by atoms with Gasteiger partial charge in [0, 0.05) is 4.88 Å². The lowest BCUT2D eigenvalue weighted by molar-refractivity contribution is 0.590. The summed E-state index contributed by atoms with van der Waals surface area (Å²) >= 11 is 1.16. The second-order valence-corrected chi connectivity index (χ2v) is 7.81. The molecule has 0 radical (unpaired) electrons. The van der Waals surface area contributed by atoms with Gasteiger partial charge in [0.1, 0.15) is 15.8 Å². The summed E-state index contributed by atoms with van der Waals surface area (Å²) in [5.41, 5.74) is 1.94. The summed E-state index contributed by atoms with van der Waals surface area (Å²) in [4.78, 5) is 0.817. The van der Waals surface area contributed by atoms with E-state index >= 15 is 0 Å². The number of hydrogen-bond donors (Lipinski definition) is 2. The maximum atomic E-state index is 11.7. The Labute approximate surface area is 133 Å². The highest BCUT2D eigenvalue weighted by molar-refractivity contribution is 7.91. The van der Waals surface area contributed by atoms with E-state index in [1.807, 2.05) is 6.92 Å². The van der Waals surface area contributed by atoms with E-state index in [-0.39, 0.29) is 4.21 Å². The number of rotatable bonds is 5. The van der Waals surface area contributed by atoms with Gasteiger partial charge in [-0.2, -0.15) is 10.4 Å². The van der Waals surface area contributed by atoms with Gasteiger partial charge >= 0.3 is 0 Å². The van der Waals surface area contributed by atoms with Gasteiger partial charge in [0.25, 0.3) is 0 Å². The minimum Gasteiger partial charge on any atom is -0.363 e. The molecule has 9 heteroatoms. The van der Waals surface area contributed by atoms with Crippen LogP contribution in [0.1, 0.15) is 21.7 Å². The molecule has 2 aromatic heterocycles. The predicted octanol–water partition coefficient (Wildman–Crippen LogP) is 1.55. The summed E-state index contributed by atoms with van der Waals surface area (Å²) in [5, 5.41) is 20.2. The quantitative estimate of drug-likeness (QED) is 0.857. The maximum absolute atomic E-state index is 11.7. The zero-order valence-corrected chi connectivity index (χ0v) is 14.0. The smallest absolute Gasteiger partial charge is 0.249 e. The van der Waals surface area contributed by atoms with Crippen molar-refractivity contribution in [3.05, 3.63) is 33.8 Å². The molecule has 0 saturated carbocycles. The zero-order chi connectivity index (χ0) is 16.3. The number of nitrogens with one attached hydrogen (secondary N) is 2. The largest absolute Gasteiger partial charge is 0.363 e. The maximum Gasteiger partial charge on any atom is 0.249 e. The number of aryl methyl sites for hydroxylation is 1. The molecule has 2 aromatic rings. The first-order valence-corrected chi connectivity index (χ1v) is 8.69. The molecule has 0 aromatic carbocycles. The van der Waals surface area contributed by atoms with Gasteiger partial charge in [-0.25, -0.2) is 13.1 Å². The highest BCUT2D eigenvalue weighted by Gasteiger charge is 2.15. The highest BCUT2D eigenvalue weighted by Crippen LogP contribution is 2.23. The molecule has 0 aliphatic carbocycles. The van der Waals surface area contributed by atoms with Crippen molar-refractivity contribution in [3.8, 4) is 6.07 Å². The van der Waals surface area contributed by atoms with Crippen LogP contribution in [-0.2, 0) is 16.6 Å². The minimum absolute atomic E-state index is 0.249. The average molecular weight is 337 g/mol. The molecule has 116 valence electrons. The van der Waals surface area contributed by atoms with Gasteiger partial charge in [-0.05, 0) is 38.6 Å². The van der Waals surface area contributed by atoms with Crippen molar-refractivity contribution in [2.75, 3.05) is 12.4 Å². The standard InChI is InChI=1S/C13H15N5O2S2/c1-8-9(2)17-18-13(11(8)6-14)16-7-10-4-5-12(21-10)22(19,20)15-3/h4-5,15H,7H2,1-3H3,(H,16,18). The van der Waals surface area contributed by atoms with Gasteiger partial charge in [0.2, 0.25) is 10.0 Å². The summed E-state index contributed by atoms with van der Waals surface area (Å²) in [6, 6.07) is 5.38. The summed E-state index contributed by atoms with van der Waals surface area (Å²) in [6.07, 6.45) is 0. The van der Waals surface area contributed by atoms with E-state index in [9.17, 15) is 13.7 Å². The molecule has 0 aliphatic heterocycles. The minimum atomic E-state index is -3.43. The molecule has 0 atom stereocenters. The third-order valence-corrected chi connectivity index (χ3v) is 6.16. The number of thiophene rings is 1. The first-order chi connectivity index (χ1) is 10.4. The first-order valence-electron chi connectivity index (χ1n) is 6.39. The Kier molecular flexibility index (Phi) is 4.75. The number of sulfonamides is 1. The molecule has 0 aliphatic rings. The summed E-state index contributed by atoms with van der Waals surface area (Å²) < 4.78 is 25.9. The number of hydrogen-bond acceptors (Lipinski definition) is 7. The van der Waals surface area contributed by atoms with Crippen LogP contribution >= 0.6 is 11.3 Å². The Morgan fingerprint density at radius 2 is 2.05 bits per heavy atom. The van der Waals surface area contributed by atoms with E-state index in [1.54, 1.807) is 19.1 Å². The fourth-order valence-electron chi connectivity index (χ4n) is 1.74. The van der Waals surface area contributed by atoms with Crippen LogP contribution in [0.2, 0.25) is 0 Å². The molecule has 0 bridgehead atoms. The van der Waals surface area contributed by atoms with Gasteiger partial charge in [-0.15, -0.1) is 16.4 Å². The van der Waals surface area contributed by atoms with Crippen molar-refractivity contribution in [2.45, 2.75) is 24.6 Å². The Bertz CT molecular complexity index is 837. The second kappa shape index (κ2) is 6.39. The third-order valence-electron chi connectivity index (χ3n) is 3.17. The molecule has 2 heterocycles. The molecular weight excluding hydrogens is 322 g/mol. The fourth-order valence-corrected chi connectivity index (χ4v) is 3.87. The number of anilines is 1. The number of nitrogens with zero attached hydrogens (tertiary/aromatic N) is 3. The van der Waals surface area contributed by atoms with Crippen LogP contribution in [0.4, 0.5) is 5.82 Å². The lowest BCUT2D eigenvalue weighted by Crippen LogP contribution is -2.17. The predicted molar refractivity (Wildman–Crippen MR) is 84.1 cm³/mol. The van der Waals surface area contributed by atoms with Crippen molar-refractivity contribution in [2.24, 2.45) is 0 Å². The Balaban J connectivity index is 2.19. The van der Waals surface area contributed by atoms with Crippen LogP contribution in [0.15, 0.2) is 16.3 Å². The third kappa shape index (κ3) is 3.24. The van der Waals surface area contributed by atoms with Gasteiger partial charge < -0.3 is 5.32 Å². The van der Waals surface area contributed by atoms with Crippen molar-refractivity contribution >= 4 is 27.2 Å². The van der Waals surface area contributed by atoms with Gasteiger partial charge in [0.15, 0.2) is 5.82 Å². The molecule has 2 N–H and O–H groups in total. The molecule has 0 amide bonds. The SMILES string of the molecule is CNS(=O)(=O)c1ccc(CNc2nnc(C)c(C)c2C#N)s1. The highest BCUT2D eigenvalue weighted by atomic mass is 32.2. The monoisotopic (exact) mass is 337 g/mol. The summed E-state index contributed by atoms with van der Waals surface area (Å²) in [6.45, 7) is 3.98. The number of nitriles is 1. The van der Waals surface area contributed by atoms with E-state index in [0.29, 0.717) is 23.6 Å². The van der Waals surface area contributed by atoms with Crippen molar-refractivity contribution in [3.63, 3.8) is 0 Å². The molecular formula is C13H15N5O2S2. The van der Waals surface area contributed by atoms with Crippen molar-refractivity contribution < 1.29 is 8.42 Å². The topological polar surface area (TPSA) is 108 Å². The Morgan fingerprint density at radius 3 is 2.68 bits per heavy atom. The zero-order valence-electron chi connectivity index (χ0n) is 12.3. The van der Waals surface area contributed by atoms with Crippen LogP contribution in [0.5, 0.6) is 0 Å². The Hall–Kier alpha value is -2.02. The Morgan fingerprint density at radius 1 is 1.32 bits per heavy atom. The lowest BCUT2D eigenvalue weighted by Gasteiger charge is -2.08. The van der Waals surface area contributed by atoms with E-state index in [1.165, 1.54) is 7.05 Å². The van der Waals surface area contributed by atoms with Crippen LogP contribution in [-0.4, -0.2) is 25.7 Å². The van der Waals surface area contributed by atoms with Crippen LogP contribution < -0.4 is 10.0 Å². The number of aromatic nitrogens is 2. The summed E-state index contributed by atoms with van der Waals surface area (Å²) in [5.74, 6) is 0.400. The molecule has 0 fully saturated rings. The lowest BCUT2D eigenvalue weighted by atomic mass is 10.1. The average Bonchev–Trinajstić information content (AvgIpc) is 2.98. The first kappa shape index (κ1) is 16.4. The molecule has 22 heavy (non-hydrogen) atoms. The van der Waals surface area contributed by atoms with Gasteiger partial charge in [0.05, 0.1) is 12.2 Å². The van der Waals surface area contributed by atoms with E-state index in [2.05, 4.69) is 26.3 Å². The van der Waals surface area contributed by atoms with Crippen molar-refractivity contribution in [1.82, 2.24) is 14.9 Å². The second-order valence-electron chi connectivity index (χ2n) is 4.53. The normalized spacial score (nSPS) is 11.2. The van der Waals surface area contributed by atoms with Gasteiger partial charge in [-0.1, -0.05) is 0 Å².